The summed E-state index contributed by atoms with van der Waals surface area (Å²) >= 11 is 2.99. The van der Waals surface area contributed by atoms with Crippen LogP contribution in [0.4, 0.5) is 8.78 Å². The molecule has 1 heterocycles. The standard InChI is InChI=1S/C16H18BrF2NO/c1-3-7-20-16(15-6-5-10(4-2)21-15)11-8-14(19)12(17)9-13(11)18/h5-6,8-9,16,20H,3-4,7H2,1-2H3. The summed E-state index contributed by atoms with van der Waals surface area (Å²) < 4.78 is 33.8. The summed E-state index contributed by atoms with van der Waals surface area (Å²) in [7, 11) is 0. The van der Waals surface area contributed by atoms with Crippen molar-refractivity contribution >= 4 is 15.9 Å². The number of aryl methyl sites for hydroxylation is 1. The van der Waals surface area contributed by atoms with E-state index in [-0.39, 0.29) is 10.0 Å². The molecule has 5 heteroatoms. The Morgan fingerprint density at radius 2 is 1.95 bits per heavy atom. The molecule has 0 bridgehead atoms. The summed E-state index contributed by atoms with van der Waals surface area (Å²) in [6, 6.07) is 5.54. The average molecular weight is 358 g/mol. The molecule has 2 nitrogen and oxygen atoms in total. The first-order chi connectivity index (χ1) is 10.1. The van der Waals surface area contributed by atoms with Crippen molar-refractivity contribution in [3.63, 3.8) is 0 Å². The number of rotatable bonds is 6. The van der Waals surface area contributed by atoms with Crippen LogP contribution in [0.5, 0.6) is 0 Å². The Labute approximate surface area is 131 Å². The molecule has 0 aliphatic heterocycles. The van der Waals surface area contributed by atoms with Crippen LogP contribution < -0.4 is 5.32 Å². The van der Waals surface area contributed by atoms with E-state index in [1.807, 2.05) is 26.0 Å². The first-order valence-electron chi connectivity index (χ1n) is 7.03. The molecule has 1 unspecified atom stereocenters. The molecule has 1 aromatic heterocycles. The highest BCUT2D eigenvalue weighted by molar-refractivity contribution is 9.10. The van der Waals surface area contributed by atoms with Crippen LogP contribution in [0.15, 0.2) is 33.2 Å². The van der Waals surface area contributed by atoms with Gasteiger partial charge in [0.25, 0.3) is 0 Å². The van der Waals surface area contributed by atoms with Gasteiger partial charge in [-0.3, -0.25) is 0 Å². The lowest BCUT2D eigenvalue weighted by Crippen LogP contribution is -2.24. The highest BCUT2D eigenvalue weighted by Crippen LogP contribution is 2.29. The molecular weight excluding hydrogens is 340 g/mol. The smallest absolute Gasteiger partial charge is 0.137 e. The Bertz CT molecular complexity index is 612. The van der Waals surface area contributed by atoms with Gasteiger partial charge in [-0.1, -0.05) is 13.8 Å². The fourth-order valence-electron chi connectivity index (χ4n) is 2.15. The molecule has 0 fully saturated rings. The Kier molecular flexibility index (Phi) is 5.53. The first-order valence-corrected chi connectivity index (χ1v) is 7.82. The van der Waals surface area contributed by atoms with Crippen LogP contribution in [0, 0.1) is 11.6 Å². The zero-order valence-corrected chi connectivity index (χ0v) is 13.6. The fourth-order valence-corrected chi connectivity index (χ4v) is 2.47. The van der Waals surface area contributed by atoms with Gasteiger partial charge in [-0.2, -0.15) is 0 Å². The number of nitrogens with one attached hydrogen (secondary N) is 1. The highest BCUT2D eigenvalue weighted by Gasteiger charge is 2.22. The summed E-state index contributed by atoms with van der Waals surface area (Å²) in [4.78, 5) is 0. The lowest BCUT2D eigenvalue weighted by molar-refractivity contribution is 0.413. The molecule has 114 valence electrons. The third-order valence-corrected chi connectivity index (χ3v) is 3.87. The van der Waals surface area contributed by atoms with Gasteiger partial charge >= 0.3 is 0 Å². The van der Waals surface area contributed by atoms with E-state index in [1.54, 1.807) is 0 Å². The van der Waals surface area contributed by atoms with Crippen LogP contribution in [0.2, 0.25) is 0 Å². The van der Waals surface area contributed by atoms with Crippen molar-refractivity contribution in [3.05, 3.63) is 57.5 Å². The third kappa shape index (κ3) is 3.71. The van der Waals surface area contributed by atoms with E-state index in [4.69, 9.17) is 4.42 Å². The summed E-state index contributed by atoms with van der Waals surface area (Å²) in [6.45, 7) is 4.68. The molecule has 0 radical (unpaired) electrons. The highest BCUT2D eigenvalue weighted by atomic mass is 79.9. The largest absolute Gasteiger partial charge is 0.464 e. The molecule has 2 rings (SSSR count). The van der Waals surface area contributed by atoms with Crippen molar-refractivity contribution in [2.45, 2.75) is 32.7 Å². The van der Waals surface area contributed by atoms with Crippen LogP contribution >= 0.6 is 15.9 Å². The fraction of sp³-hybridized carbons (Fsp3) is 0.375. The average Bonchev–Trinajstić information content (AvgIpc) is 2.93. The molecule has 1 N–H and O–H groups in total. The minimum Gasteiger partial charge on any atom is -0.464 e. The van der Waals surface area contributed by atoms with Crippen LogP contribution in [-0.4, -0.2) is 6.54 Å². The second kappa shape index (κ2) is 7.18. The number of benzene rings is 1. The van der Waals surface area contributed by atoms with Crippen LogP contribution in [0.3, 0.4) is 0 Å². The summed E-state index contributed by atoms with van der Waals surface area (Å²) in [5.74, 6) is 0.468. The maximum absolute atomic E-state index is 14.2. The Hall–Kier alpha value is -1.20. The number of furan rings is 1. The normalized spacial score (nSPS) is 12.6. The zero-order valence-electron chi connectivity index (χ0n) is 12.1. The maximum atomic E-state index is 14.2. The minimum atomic E-state index is -0.493. The van der Waals surface area contributed by atoms with Crippen LogP contribution in [0.25, 0.3) is 0 Å². The second-order valence-electron chi connectivity index (χ2n) is 4.83. The first kappa shape index (κ1) is 16.2. The molecule has 0 aliphatic rings. The van der Waals surface area contributed by atoms with E-state index in [0.717, 1.165) is 24.7 Å². The van der Waals surface area contributed by atoms with E-state index >= 15 is 0 Å². The van der Waals surface area contributed by atoms with Gasteiger partial charge in [0, 0.05) is 12.0 Å². The predicted octanol–water partition coefficient (Wildman–Crippen LogP) is 4.97. The van der Waals surface area contributed by atoms with Crippen molar-refractivity contribution in [1.82, 2.24) is 5.32 Å². The molecule has 0 aliphatic carbocycles. The van der Waals surface area contributed by atoms with Crippen LogP contribution in [0.1, 0.15) is 43.4 Å². The maximum Gasteiger partial charge on any atom is 0.137 e. The van der Waals surface area contributed by atoms with Crippen molar-refractivity contribution in [2.24, 2.45) is 0 Å². The van der Waals surface area contributed by atoms with Gasteiger partial charge in [-0.25, -0.2) is 8.78 Å². The summed E-state index contributed by atoms with van der Waals surface area (Å²) in [5, 5.41) is 3.21. The van der Waals surface area contributed by atoms with Crippen molar-refractivity contribution in [1.29, 1.82) is 0 Å². The Morgan fingerprint density at radius 1 is 1.19 bits per heavy atom. The molecule has 0 saturated carbocycles. The molecule has 1 atom stereocenters. The summed E-state index contributed by atoms with van der Waals surface area (Å²) in [5.41, 5.74) is 0.251. The van der Waals surface area contributed by atoms with E-state index in [0.29, 0.717) is 12.3 Å². The predicted molar refractivity (Wildman–Crippen MR) is 82.3 cm³/mol. The van der Waals surface area contributed by atoms with Gasteiger partial charge in [-0.05, 0) is 53.2 Å². The molecule has 0 spiro atoms. The monoisotopic (exact) mass is 357 g/mol. The Morgan fingerprint density at radius 3 is 2.57 bits per heavy atom. The zero-order chi connectivity index (χ0) is 15.4. The van der Waals surface area contributed by atoms with Gasteiger partial charge in [0.2, 0.25) is 0 Å². The quantitative estimate of drug-likeness (QED) is 0.738. The van der Waals surface area contributed by atoms with Gasteiger partial charge in [0.15, 0.2) is 0 Å². The van der Waals surface area contributed by atoms with E-state index < -0.39 is 17.7 Å². The van der Waals surface area contributed by atoms with E-state index in [2.05, 4.69) is 21.2 Å². The molecule has 1 aromatic carbocycles. The van der Waals surface area contributed by atoms with Crippen LogP contribution in [-0.2, 0) is 6.42 Å². The number of halogens is 3. The molecule has 2 aromatic rings. The SMILES string of the molecule is CCCNC(c1ccc(CC)o1)c1cc(F)c(Br)cc1F. The molecule has 21 heavy (non-hydrogen) atoms. The minimum absolute atomic E-state index is 0.117. The Balaban J connectivity index is 2.42. The van der Waals surface area contributed by atoms with Crippen molar-refractivity contribution in [3.8, 4) is 0 Å². The molecule has 0 amide bonds. The lowest BCUT2D eigenvalue weighted by Gasteiger charge is -2.18. The topological polar surface area (TPSA) is 25.2 Å². The van der Waals surface area contributed by atoms with E-state index in [1.165, 1.54) is 6.07 Å². The van der Waals surface area contributed by atoms with Crippen molar-refractivity contribution in [2.75, 3.05) is 6.54 Å². The molecular formula is C16H18BrF2NO. The van der Waals surface area contributed by atoms with Gasteiger partial charge in [0.1, 0.15) is 23.2 Å². The van der Waals surface area contributed by atoms with Gasteiger partial charge < -0.3 is 9.73 Å². The van der Waals surface area contributed by atoms with Gasteiger partial charge in [0.05, 0.1) is 10.5 Å². The van der Waals surface area contributed by atoms with Crippen molar-refractivity contribution < 1.29 is 13.2 Å². The molecule has 0 saturated heterocycles. The number of hydrogen-bond acceptors (Lipinski definition) is 2. The third-order valence-electron chi connectivity index (χ3n) is 3.26. The number of hydrogen-bond donors (Lipinski definition) is 1. The summed E-state index contributed by atoms with van der Waals surface area (Å²) in [6.07, 6.45) is 1.65. The second-order valence-corrected chi connectivity index (χ2v) is 5.69. The van der Waals surface area contributed by atoms with E-state index in [9.17, 15) is 8.78 Å². The lowest BCUT2D eigenvalue weighted by atomic mass is 10.0. The van der Waals surface area contributed by atoms with Gasteiger partial charge in [-0.15, -0.1) is 0 Å².